The van der Waals surface area contributed by atoms with Crippen LogP contribution in [0, 0.1) is 12.8 Å². The largest absolute Gasteiger partial charge is 0.369 e. The standard InChI is InChI=1S/C22H26N4/c1-17-14-20-4-2-3-5-21(20)22(25-17)24-15-18-8-12-26(13-9-18)16-19-6-10-23-11-7-19/h2-7,10-11,14,18H,8-9,12-13,15-16H2,1H3,(H,24,25). The first-order chi connectivity index (χ1) is 12.8. The smallest absolute Gasteiger partial charge is 0.134 e. The average Bonchev–Trinajstić information content (AvgIpc) is 2.68. The summed E-state index contributed by atoms with van der Waals surface area (Å²) >= 11 is 0. The molecule has 26 heavy (non-hydrogen) atoms. The molecule has 1 N–H and O–H groups in total. The van der Waals surface area contributed by atoms with Crippen LogP contribution in [0.25, 0.3) is 10.8 Å². The number of nitrogens with one attached hydrogen (secondary N) is 1. The van der Waals surface area contributed by atoms with Gasteiger partial charge in [-0.2, -0.15) is 0 Å². The number of nitrogens with zero attached hydrogens (tertiary/aromatic N) is 3. The van der Waals surface area contributed by atoms with Crippen LogP contribution in [0.1, 0.15) is 24.1 Å². The van der Waals surface area contributed by atoms with E-state index in [1.165, 1.54) is 29.2 Å². The van der Waals surface area contributed by atoms with Crippen LogP contribution in [0.15, 0.2) is 54.9 Å². The Bertz CT molecular complexity index is 854. The van der Waals surface area contributed by atoms with Crippen molar-refractivity contribution in [2.45, 2.75) is 26.3 Å². The maximum atomic E-state index is 4.73. The molecule has 1 aliphatic rings. The van der Waals surface area contributed by atoms with Gasteiger partial charge in [0, 0.05) is 36.6 Å². The van der Waals surface area contributed by atoms with Crippen molar-refractivity contribution in [3.63, 3.8) is 0 Å². The van der Waals surface area contributed by atoms with Crippen molar-refractivity contribution >= 4 is 16.6 Å². The van der Waals surface area contributed by atoms with E-state index in [-0.39, 0.29) is 0 Å². The lowest BCUT2D eigenvalue weighted by molar-refractivity contribution is 0.182. The summed E-state index contributed by atoms with van der Waals surface area (Å²) in [4.78, 5) is 11.4. The number of anilines is 1. The Kier molecular flexibility index (Phi) is 5.12. The Morgan fingerprint density at radius 3 is 2.65 bits per heavy atom. The van der Waals surface area contributed by atoms with Crippen LogP contribution in [0.5, 0.6) is 0 Å². The van der Waals surface area contributed by atoms with Gasteiger partial charge >= 0.3 is 0 Å². The molecule has 0 unspecified atom stereocenters. The van der Waals surface area contributed by atoms with Gasteiger partial charge in [0.05, 0.1) is 0 Å². The van der Waals surface area contributed by atoms with Gasteiger partial charge in [-0.3, -0.25) is 9.88 Å². The molecule has 1 aromatic carbocycles. The molecule has 1 fully saturated rings. The molecule has 4 rings (SSSR count). The van der Waals surface area contributed by atoms with E-state index in [0.717, 1.165) is 37.7 Å². The van der Waals surface area contributed by atoms with Crippen molar-refractivity contribution in [3.8, 4) is 0 Å². The molecule has 1 aliphatic heterocycles. The quantitative estimate of drug-likeness (QED) is 0.749. The molecule has 2 aromatic heterocycles. The highest BCUT2D eigenvalue weighted by atomic mass is 15.1. The molecule has 0 radical (unpaired) electrons. The lowest BCUT2D eigenvalue weighted by Crippen LogP contribution is -2.35. The lowest BCUT2D eigenvalue weighted by Gasteiger charge is -2.32. The van der Waals surface area contributed by atoms with Crippen LogP contribution in [-0.4, -0.2) is 34.5 Å². The predicted octanol–water partition coefficient (Wildman–Crippen LogP) is 4.26. The first-order valence-electron chi connectivity index (χ1n) is 9.49. The van der Waals surface area contributed by atoms with E-state index in [9.17, 15) is 0 Å². The lowest BCUT2D eigenvalue weighted by atomic mass is 9.96. The molecule has 4 nitrogen and oxygen atoms in total. The molecule has 0 bridgehead atoms. The number of likely N-dealkylation sites (tertiary alicyclic amines) is 1. The van der Waals surface area contributed by atoms with Gasteiger partial charge in [0.15, 0.2) is 0 Å². The summed E-state index contributed by atoms with van der Waals surface area (Å²) in [5.41, 5.74) is 2.42. The zero-order valence-electron chi connectivity index (χ0n) is 15.4. The second-order valence-corrected chi connectivity index (χ2v) is 7.29. The van der Waals surface area contributed by atoms with Crippen LogP contribution >= 0.6 is 0 Å². The van der Waals surface area contributed by atoms with Crippen molar-refractivity contribution in [2.75, 3.05) is 25.0 Å². The summed E-state index contributed by atoms with van der Waals surface area (Å²) in [5.74, 6) is 1.74. The highest BCUT2D eigenvalue weighted by Gasteiger charge is 2.19. The number of hydrogen-bond donors (Lipinski definition) is 1. The fourth-order valence-corrected chi connectivity index (χ4v) is 3.80. The van der Waals surface area contributed by atoms with Gasteiger partial charge in [0.1, 0.15) is 5.82 Å². The highest BCUT2D eigenvalue weighted by Crippen LogP contribution is 2.24. The second-order valence-electron chi connectivity index (χ2n) is 7.29. The molecule has 3 heterocycles. The SMILES string of the molecule is Cc1cc2ccccc2c(NCC2CCN(Cc3ccncc3)CC2)n1. The molecule has 3 aromatic rings. The van der Waals surface area contributed by atoms with Crippen LogP contribution in [-0.2, 0) is 6.54 Å². The van der Waals surface area contributed by atoms with Crippen LogP contribution in [0.4, 0.5) is 5.82 Å². The first-order valence-corrected chi connectivity index (χ1v) is 9.49. The zero-order chi connectivity index (χ0) is 17.8. The second kappa shape index (κ2) is 7.83. The molecule has 4 heteroatoms. The van der Waals surface area contributed by atoms with Gasteiger partial charge in [0.25, 0.3) is 0 Å². The third kappa shape index (κ3) is 4.02. The monoisotopic (exact) mass is 346 g/mol. The average molecular weight is 346 g/mol. The Balaban J connectivity index is 1.33. The van der Waals surface area contributed by atoms with Gasteiger partial charge in [0.2, 0.25) is 0 Å². The van der Waals surface area contributed by atoms with Gasteiger partial charge < -0.3 is 5.32 Å². The summed E-state index contributed by atoms with van der Waals surface area (Å²) in [7, 11) is 0. The Morgan fingerprint density at radius 1 is 1.08 bits per heavy atom. The molecule has 134 valence electrons. The van der Waals surface area contributed by atoms with E-state index < -0.39 is 0 Å². The molecule has 0 atom stereocenters. The zero-order valence-corrected chi connectivity index (χ0v) is 15.4. The predicted molar refractivity (Wildman–Crippen MR) is 107 cm³/mol. The van der Waals surface area contributed by atoms with E-state index in [2.05, 4.69) is 64.6 Å². The van der Waals surface area contributed by atoms with Crippen molar-refractivity contribution in [1.29, 1.82) is 0 Å². The Hall–Kier alpha value is -2.46. The normalized spacial score (nSPS) is 16.0. The van der Waals surface area contributed by atoms with Crippen molar-refractivity contribution in [3.05, 3.63) is 66.1 Å². The van der Waals surface area contributed by atoms with Crippen molar-refractivity contribution in [2.24, 2.45) is 5.92 Å². The van der Waals surface area contributed by atoms with Gasteiger partial charge in [-0.15, -0.1) is 0 Å². The molecule has 0 amide bonds. The van der Waals surface area contributed by atoms with E-state index in [0.29, 0.717) is 5.92 Å². The summed E-state index contributed by atoms with van der Waals surface area (Å²) in [6.45, 7) is 6.43. The maximum absolute atomic E-state index is 4.73. The summed E-state index contributed by atoms with van der Waals surface area (Å²) in [5, 5.41) is 6.10. The van der Waals surface area contributed by atoms with Crippen LogP contribution in [0.3, 0.4) is 0 Å². The molecule has 1 saturated heterocycles. The minimum Gasteiger partial charge on any atom is -0.369 e. The van der Waals surface area contributed by atoms with Crippen molar-refractivity contribution in [1.82, 2.24) is 14.9 Å². The van der Waals surface area contributed by atoms with Crippen LogP contribution < -0.4 is 5.32 Å². The molecule has 0 spiro atoms. The first kappa shape index (κ1) is 17.0. The Morgan fingerprint density at radius 2 is 1.85 bits per heavy atom. The number of aryl methyl sites for hydroxylation is 1. The maximum Gasteiger partial charge on any atom is 0.134 e. The molecular formula is C22H26N4. The Labute approximate surface area is 155 Å². The van der Waals surface area contributed by atoms with Gasteiger partial charge in [-0.1, -0.05) is 24.3 Å². The summed E-state index contributed by atoms with van der Waals surface area (Å²) in [6.07, 6.45) is 6.24. The highest BCUT2D eigenvalue weighted by molar-refractivity contribution is 5.92. The summed E-state index contributed by atoms with van der Waals surface area (Å²) in [6, 6.07) is 14.9. The molecule has 0 aliphatic carbocycles. The number of piperidine rings is 1. The van der Waals surface area contributed by atoms with Crippen molar-refractivity contribution < 1.29 is 0 Å². The minimum atomic E-state index is 0.713. The molecular weight excluding hydrogens is 320 g/mol. The van der Waals surface area contributed by atoms with Crippen LogP contribution in [0.2, 0.25) is 0 Å². The number of fused-ring (bicyclic) bond motifs is 1. The fraction of sp³-hybridized carbons (Fsp3) is 0.364. The van der Waals surface area contributed by atoms with E-state index in [1.54, 1.807) is 0 Å². The number of pyridine rings is 2. The summed E-state index contributed by atoms with van der Waals surface area (Å²) < 4.78 is 0. The van der Waals surface area contributed by atoms with Gasteiger partial charge in [-0.25, -0.2) is 4.98 Å². The van der Waals surface area contributed by atoms with E-state index in [4.69, 9.17) is 4.98 Å². The number of rotatable bonds is 5. The third-order valence-corrected chi connectivity index (χ3v) is 5.29. The number of aromatic nitrogens is 2. The molecule has 0 saturated carbocycles. The van der Waals surface area contributed by atoms with E-state index >= 15 is 0 Å². The fourth-order valence-electron chi connectivity index (χ4n) is 3.80. The minimum absolute atomic E-state index is 0.713. The topological polar surface area (TPSA) is 41.0 Å². The number of benzene rings is 1. The van der Waals surface area contributed by atoms with Gasteiger partial charge in [-0.05, 0) is 67.9 Å². The van der Waals surface area contributed by atoms with E-state index in [1.807, 2.05) is 12.4 Å². The third-order valence-electron chi connectivity index (χ3n) is 5.29. The number of hydrogen-bond acceptors (Lipinski definition) is 4.